The highest BCUT2D eigenvalue weighted by atomic mass is 16.1. The molecule has 0 N–H and O–H groups in total. The van der Waals surface area contributed by atoms with Crippen LogP contribution in [-0.4, -0.2) is 5.78 Å². The molecule has 0 aliphatic rings. The predicted octanol–water partition coefficient (Wildman–Crippen LogP) is 3.74. The summed E-state index contributed by atoms with van der Waals surface area (Å²) in [6.45, 7) is 9.82. The molecule has 0 aromatic rings. The Morgan fingerprint density at radius 1 is 1.38 bits per heavy atom. The zero-order chi connectivity index (χ0) is 10.3. The van der Waals surface area contributed by atoms with Crippen molar-refractivity contribution in [3.8, 4) is 0 Å². The Morgan fingerprint density at radius 2 is 2.00 bits per heavy atom. The van der Waals surface area contributed by atoms with Crippen LogP contribution in [0.2, 0.25) is 0 Å². The van der Waals surface area contributed by atoms with Gasteiger partial charge in [-0.2, -0.15) is 0 Å². The third kappa shape index (κ3) is 5.62. The molecule has 0 rings (SSSR count). The molecule has 0 bridgehead atoms. The van der Waals surface area contributed by atoms with Gasteiger partial charge in [-0.25, -0.2) is 0 Å². The number of allylic oxidation sites excluding steroid dienone is 1. The predicted molar refractivity (Wildman–Crippen MR) is 57.7 cm³/mol. The maximum absolute atomic E-state index is 11.4. The molecule has 0 aromatic heterocycles. The van der Waals surface area contributed by atoms with Crippen LogP contribution in [0.1, 0.15) is 52.9 Å². The topological polar surface area (TPSA) is 17.1 Å². The van der Waals surface area contributed by atoms with E-state index in [1.807, 2.05) is 0 Å². The highest BCUT2D eigenvalue weighted by Crippen LogP contribution is 2.18. The summed E-state index contributed by atoms with van der Waals surface area (Å²) < 4.78 is 0. The Bertz CT molecular complexity index is 170. The molecule has 0 fully saturated rings. The first-order valence-electron chi connectivity index (χ1n) is 5.30. The van der Waals surface area contributed by atoms with E-state index in [2.05, 4.69) is 20.4 Å². The molecule has 0 saturated carbocycles. The summed E-state index contributed by atoms with van der Waals surface area (Å²) in [5.74, 6) is 0.812. The van der Waals surface area contributed by atoms with Crippen molar-refractivity contribution in [3.63, 3.8) is 0 Å². The van der Waals surface area contributed by atoms with E-state index in [0.29, 0.717) is 17.9 Å². The third-order valence-electron chi connectivity index (χ3n) is 2.49. The summed E-state index contributed by atoms with van der Waals surface area (Å²) in [6.07, 6.45) is 5.45. The van der Waals surface area contributed by atoms with E-state index in [1.54, 1.807) is 6.92 Å². The summed E-state index contributed by atoms with van der Waals surface area (Å²) in [4.78, 5) is 11.4. The lowest BCUT2D eigenvalue weighted by Gasteiger charge is -2.12. The van der Waals surface area contributed by atoms with Gasteiger partial charge in [0, 0.05) is 6.42 Å². The van der Waals surface area contributed by atoms with Gasteiger partial charge < -0.3 is 0 Å². The van der Waals surface area contributed by atoms with E-state index < -0.39 is 0 Å². The van der Waals surface area contributed by atoms with E-state index in [9.17, 15) is 4.79 Å². The van der Waals surface area contributed by atoms with Crippen molar-refractivity contribution in [1.29, 1.82) is 0 Å². The number of carbonyl (C=O) groups excluding carboxylic acids is 1. The van der Waals surface area contributed by atoms with Crippen LogP contribution in [0, 0.1) is 5.92 Å². The van der Waals surface area contributed by atoms with Crippen molar-refractivity contribution in [2.24, 2.45) is 5.92 Å². The van der Waals surface area contributed by atoms with Crippen LogP contribution in [0.3, 0.4) is 0 Å². The minimum absolute atomic E-state index is 0.239. The number of hydrogen-bond donors (Lipinski definition) is 0. The molecule has 1 atom stereocenters. The number of Topliss-reactive ketones (excluding diaryl/α,β-unsaturated/α-hetero) is 1. The van der Waals surface area contributed by atoms with Crippen LogP contribution >= 0.6 is 0 Å². The van der Waals surface area contributed by atoms with Crippen molar-refractivity contribution in [2.45, 2.75) is 52.9 Å². The van der Waals surface area contributed by atoms with E-state index in [4.69, 9.17) is 0 Å². The number of rotatable bonds is 7. The van der Waals surface area contributed by atoms with Crippen LogP contribution in [0.15, 0.2) is 12.2 Å². The average Bonchev–Trinajstić information content (AvgIpc) is 2.11. The van der Waals surface area contributed by atoms with E-state index in [1.165, 1.54) is 19.3 Å². The lowest BCUT2D eigenvalue weighted by molar-refractivity contribution is -0.116. The molecule has 0 radical (unpaired) electrons. The summed E-state index contributed by atoms with van der Waals surface area (Å²) in [5.41, 5.74) is 0.704. The Kier molecular flexibility index (Phi) is 6.56. The first-order chi connectivity index (χ1) is 6.11. The SMILES string of the molecule is C=C(C)C(=O)CC(CC)CCCC. The molecule has 76 valence electrons. The molecule has 0 heterocycles. The van der Waals surface area contributed by atoms with Crippen LogP contribution in [0.4, 0.5) is 0 Å². The Labute approximate surface area is 82.2 Å². The third-order valence-corrected chi connectivity index (χ3v) is 2.49. The molecule has 1 unspecified atom stereocenters. The van der Waals surface area contributed by atoms with Gasteiger partial charge in [0.1, 0.15) is 0 Å². The summed E-state index contributed by atoms with van der Waals surface area (Å²) in [5, 5.41) is 0. The molecule has 0 aromatic carbocycles. The average molecular weight is 182 g/mol. The van der Waals surface area contributed by atoms with Crippen molar-refractivity contribution < 1.29 is 4.79 Å². The fourth-order valence-electron chi connectivity index (χ4n) is 1.38. The van der Waals surface area contributed by atoms with Gasteiger partial charge in [-0.15, -0.1) is 0 Å². The number of unbranched alkanes of at least 4 members (excludes halogenated alkanes) is 1. The second kappa shape index (κ2) is 6.88. The number of carbonyl (C=O) groups is 1. The van der Waals surface area contributed by atoms with Crippen molar-refractivity contribution >= 4 is 5.78 Å². The first-order valence-corrected chi connectivity index (χ1v) is 5.30. The molecular weight excluding hydrogens is 160 g/mol. The normalized spacial score (nSPS) is 12.5. The van der Waals surface area contributed by atoms with Gasteiger partial charge >= 0.3 is 0 Å². The van der Waals surface area contributed by atoms with Crippen molar-refractivity contribution in [2.75, 3.05) is 0 Å². The van der Waals surface area contributed by atoms with Crippen molar-refractivity contribution in [1.82, 2.24) is 0 Å². The van der Waals surface area contributed by atoms with Crippen LogP contribution in [0.5, 0.6) is 0 Å². The van der Waals surface area contributed by atoms with Gasteiger partial charge in [-0.3, -0.25) is 4.79 Å². The smallest absolute Gasteiger partial charge is 0.158 e. The van der Waals surface area contributed by atoms with Gasteiger partial charge in [0.15, 0.2) is 5.78 Å². The van der Waals surface area contributed by atoms with Crippen molar-refractivity contribution in [3.05, 3.63) is 12.2 Å². The minimum atomic E-state index is 0.239. The maximum Gasteiger partial charge on any atom is 0.158 e. The van der Waals surface area contributed by atoms with Crippen LogP contribution in [-0.2, 0) is 4.79 Å². The van der Waals surface area contributed by atoms with Crippen LogP contribution in [0.25, 0.3) is 0 Å². The molecule has 0 spiro atoms. The van der Waals surface area contributed by atoms with E-state index in [-0.39, 0.29) is 5.78 Å². The maximum atomic E-state index is 11.4. The summed E-state index contributed by atoms with van der Waals surface area (Å²) in [6, 6.07) is 0. The van der Waals surface area contributed by atoms with Gasteiger partial charge in [-0.1, -0.05) is 46.1 Å². The van der Waals surface area contributed by atoms with Gasteiger partial charge in [-0.05, 0) is 18.4 Å². The molecule has 0 aliphatic carbocycles. The molecule has 1 heteroatoms. The summed E-state index contributed by atoms with van der Waals surface area (Å²) in [7, 11) is 0. The second-order valence-electron chi connectivity index (χ2n) is 3.82. The van der Waals surface area contributed by atoms with Gasteiger partial charge in [0.2, 0.25) is 0 Å². The first kappa shape index (κ1) is 12.4. The number of hydrogen-bond acceptors (Lipinski definition) is 1. The van der Waals surface area contributed by atoms with Gasteiger partial charge in [0.05, 0.1) is 0 Å². The number of ketones is 1. The fraction of sp³-hybridized carbons (Fsp3) is 0.750. The highest BCUT2D eigenvalue weighted by molar-refractivity contribution is 5.94. The molecular formula is C12H22O. The zero-order valence-corrected chi connectivity index (χ0v) is 9.23. The molecule has 13 heavy (non-hydrogen) atoms. The standard InChI is InChI=1S/C12H22O/c1-5-7-8-11(6-2)9-12(13)10(3)4/h11H,3,5-9H2,1-2,4H3. The summed E-state index contributed by atoms with van der Waals surface area (Å²) >= 11 is 0. The Hall–Kier alpha value is -0.590. The molecule has 0 amide bonds. The second-order valence-corrected chi connectivity index (χ2v) is 3.82. The van der Waals surface area contributed by atoms with E-state index in [0.717, 1.165) is 6.42 Å². The Balaban J connectivity index is 3.83. The minimum Gasteiger partial charge on any atom is -0.295 e. The lowest BCUT2D eigenvalue weighted by atomic mass is 9.92. The van der Waals surface area contributed by atoms with Crippen LogP contribution < -0.4 is 0 Å². The highest BCUT2D eigenvalue weighted by Gasteiger charge is 2.11. The Morgan fingerprint density at radius 3 is 2.38 bits per heavy atom. The largest absolute Gasteiger partial charge is 0.295 e. The molecule has 0 saturated heterocycles. The fourth-order valence-corrected chi connectivity index (χ4v) is 1.38. The quantitative estimate of drug-likeness (QED) is 0.548. The monoisotopic (exact) mass is 182 g/mol. The van der Waals surface area contributed by atoms with E-state index >= 15 is 0 Å². The zero-order valence-electron chi connectivity index (χ0n) is 9.23. The lowest BCUT2D eigenvalue weighted by Crippen LogP contribution is -2.08. The molecule has 0 aliphatic heterocycles. The van der Waals surface area contributed by atoms with Gasteiger partial charge in [0.25, 0.3) is 0 Å². The molecule has 1 nitrogen and oxygen atoms in total.